The molecule has 350 valence electrons. The molecule has 0 aliphatic carbocycles. The van der Waals surface area contributed by atoms with E-state index in [9.17, 15) is 0 Å². The molecule has 0 unspecified atom stereocenters. The van der Waals surface area contributed by atoms with Gasteiger partial charge in [0.15, 0.2) is 0 Å². The van der Waals surface area contributed by atoms with Crippen molar-refractivity contribution in [1.82, 2.24) is 39.9 Å². The van der Waals surface area contributed by atoms with Gasteiger partial charge in [-0.3, -0.25) is 39.9 Å². The van der Waals surface area contributed by atoms with E-state index in [1.807, 2.05) is 146 Å². The van der Waals surface area contributed by atoms with Gasteiger partial charge in [0.2, 0.25) is 0 Å². The maximum Gasteiger partial charge on any atom is 0.0886 e. The van der Waals surface area contributed by atoms with E-state index >= 15 is 0 Å². The molecule has 0 spiro atoms. The topological polar surface area (TPSA) is 367 Å². The molecule has 8 aromatic rings. The monoisotopic (exact) mass is 1030 g/mol. The number of nitrogens with zero attached hydrogens (tertiary/aromatic N) is 10. The third-order valence-electron chi connectivity index (χ3n) is 6.37. The molecule has 0 atom stereocenters. The Morgan fingerprint density at radius 3 is 0.492 bits per heavy atom. The van der Waals surface area contributed by atoms with Gasteiger partial charge >= 0.3 is 29.5 Å². The van der Waals surface area contributed by atoms with Gasteiger partial charge in [0.25, 0.3) is 10.2 Å². The normalized spacial score (nSPS) is 8.77. The SMILES string of the molecule is O.O.O=[N+]([O-])O.O=[N+]([O-])O.[Cu].[Cu].[O]=[Cr](=[O])([OH])[OH].c1ccc(-c2ccccn2)nc1.c1ccc(-c2ccccn2)nc1.c1ccc(-c2ccccn2)nc1.c1ccc(-c2ccccn2)nc1. The second kappa shape index (κ2) is 37.2. The van der Waals surface area contributed by atoms with Gasteiger partial charge in [0, 0.05) is 83.7 Å². The first-order chi connectivity index (χ1) is 29.3. The predicted molar refractivity (Wildman–Crippen MR) is 220 cm³/mol. The molecule has 0 aromatic carbocycles. The maximum absolute atomic E-state index is 8.82. The molecule has 65 heavy (non-hydrogen) atoms. The Balaban J connectivity index is -0.000000711. The average Bonchev–Trinajstić information content (AvgIpc) is 3.29. The van der Waals surface area contributed by atoms with Crippen LogP contribution in [0.2, 0.25) is 0 Å². The molecular weight excluding hydrogens is 992 g/mol. The van der Waals surface area contributed by atoms with Crippen LogP contribution in [-0.4, -0.2) is 79.7 Å². The van der Waals surface area contributed by atoms with E-state index < -0.39 is 23.8 Å². The van der Waals surface area contributed by atoms with Gasteiger partial charge in [-0.1, -0.05) is 48.5 Å². The number of aromatic nitrogens is 8. The van der Waals surface area contributed by atoms with E-state index in [2.05, 4.69) is 39.9 Å². The minimum atomic E-state index is -5.25. The number of hydrogen-bond donors (Lipinski definition) is 4. The van der Waals surface area contributed by atoms with E-state index in [1.54, 1.807) is 49.6 Å². The minimum absolute atomic E-state index is 0. The molecule has 8 aromatic heterocycles. The Labute approximate surface area is 394 Å². The number of rotatable bonds is 4. The van der Waals surface area contributed by atoms with Gasteiger partial charge in [-0.05, 0) is 97.1 Å². The molecule has 8 rings (SSSR count). The molecule has 0 saturated carbocycles. The molecule has 0 saturated heterocycles. The van der Waals surface area contributed by atoms with E-state index in [1.165, 1.54) is 0 Å². The average molecular weight is 1030 g/mol. The van der Waals surface area contributed by atoms with Gasteiger partial charge in [0.05, 0.1) is 45.6 Å². The molecule has 25 heteroatoms. The van der Waals surface area contributed by atoms with Crippen molar-refractivity contribution >= 4 is 0 Å². The summed E-state index contributed by atoms with van der Waals surface area (Å²) in [6, 6.07) is 46.4. The van der Waals surface area contributed by atoms with Crippen molar-refractivity contribution in [1.29, 1.82) is 0 Å². The summed E-state index contributed by atoms with van der Waals surface area (Å²) >= 11 is -5.25. The van der Waals surface area contributed by atoms with Crippen molar-refractivity contribution in [2.45, 2.75) is 0 Å². The molecule has 8 heterocycles. The fourth-order valence-corrected chi connectivity index (χ4v) is 4.11. The summed E-state index contributed by atoms with van der Waals surface area (Å²) in [7, 11) is 0. The third-order valence-corrected chi connectivity index (χ3v) is 6.37. The summed E-state index contributed by atoms with van der Waals surface area (Å²) in [6.45, 7) is 0. The number of hydrogen-bond acceptors (Lipinski definition) is 14. The summed E-state index contributed by atoms with van der Waals surface area (Å²) in [5, 5.41) is 27.3. The zero-order valence-electron chi connectivity index (χ0n) is 33.2. The van der Waals surface area contributed by atoms with Crippen molar-refractivity contribution in [3.8, 4) is 45.6 Å². The second-order valence-corrected chi connectivity index (χ2v) is 12.0. The Morgan fingerprint density at radius 2 is 0.431 bits per heavy atom. The standard InChI is InChI=1S/4C10H8N2.Cr.2Cu.2HNO3.4H2O.2O/c4*1-3-7-11-9(5-1)10-6-2-4-8-12-10;;;;2*2-1(3)4;;;;;;/h4*1-8H;;;;2*(H,2,3,4);4*1H2;;/q;;;;+2;;;;;;;;;;/p-2. The van der Waals surface area contributed by atoms with Crippen LogP contribution in [0.5, 0.6) is 0 Å². The van der Waals surface area contributed by atoms with Crippen LogP contribution in [0.15, 0.2) is 195 Å². The second-order valence-electron chi connectivity index (χ2n) is 10.6. The van der Waals surface area contributed by atoms with E-state index in [-0.39, 0.29) is 45.1 Å². The molecule has 0 aliphatic rings. The van der Waals surface area contributed by atoms with Gasteiger partial charge in [-0.15, -0.1) is 20.2 Å². The Hall–Kier alpha value is -7.39. The third kappa shape index (κ3) is 32.0. The van der Waals surface area contributed by atoms with Crippen LogP contribution in [-0.2, 0) is 55.4 Å². The maximum atomic E-state index is 8.82. The summed E-state index contributed by atoms with van der Waals surface area (Å²) < 4.78 is 31.9. The van der Waals surface area contributed by atoms with E-state index in [4.69, 9.17) is 46.6 Å². The molecule has 8 N–H and O–H groups in total. The van der Waals surface area contributed by atoms with Crippen molar-refractivity contribution in [2.24, 2.45) is 0 Å². The van der Waals surface area contributed by atoms with Crippen LogP contribution >= 0.6 is 0 Å². The van der Waals surface area contributed by atoms with Crippen LogP contribution in [0, 0.1) is 20.2 Å². The molecule has 0 amide bonds. The van der Waals surface area contributed by atoms with Crippen molar-refractivity contribution in [2.75, 3.05) is 0 Å². The number of pyridine rings is 8. The molecule has 0 bridgehead atoms. The molecule has 0 fully saturated rings. The van der Waals surface area contributed by atoms with Gasteiger partial charge < -0.3 is 21.4 Å². The zero-order valence-corrected chi connectivity index (χ0v) is 36.4. The summed E-state index contributed by atoms with van der Waals surface area (Å²) in [5.74, 6) is 0. The van der Waals surface area contributed by atoms with Gasteiger partial charge in [-0.2, -0.15) is 0 Å². The quantitative estimate of drug-likeness (QED) is 0.104. The first-order valence-electron chi connectivity index (χ1n) is 17.0. The first-order valence-corrected chi connectivity index (χ1v) is 19.2. The van der Waals surface area contributed by atoms with Crippen LogP contribution < -0.4 is 0 Å². The predicted octanol–water partition coefficient (Wildman–Crippen LogP) is 4.87. The molecule has 2 radical (unpaired) electrons. The Bertz CT molecular complexity index is 2000. The van der Waals surface area contributed by atoms with Crippen LogP contribution in [0.1, 0.15) is 0 Å². The molecule has 0 aliphatic heterocycles. The Kier molecular flexibility index (Phi) is 35.4. The summed E-state index contributed by atoms with van der Waals surface area (Å²) in [6.07, 6.45) is 14.1. The van der Waals surface area contributed by atoms with Gasteiger partial charge in [-0.25, -0.2) is 0 Å². The minimum Gasteiger partial charge on any atom is -0.255 e. The Morgan fingerprint density at radius 1 is 0.338 bits per heavy atom. The van der Waals surface area contributed by atoms with Crippen molar-refractivity contribution < 1.29 is 95.2 Å². The van der Waals surface area contributed by atoms with E-state index in [0.717, 1.165) is 45.6 Å². The van der Waals surface area contributed by atoms with Crippen molar-refractivity contribution in [3.63, 3.8) is 0 Å². The summed E-state index contributed by atoms with van der Waals surface area (Å²) in [5.41, 5.74) is 7.32. The van der Waals surface area contributed by atoms with E-state index in [0.29, 0.717) is 0 Å². The van der Waals surface area contributed by atoms with Crippen molar-refractivity contribution in [3.05, 3.63) is 215 Å². The smallest absolute Gasteiger partial charge is 0.0886 e. The molecular formula is C40H40CrCu2N10O12. The largest absolute Gasteiger partial charge is 0.255 e. The van der Waals surface area contributed by atoms with Crippen LogP contribution in [0.4, 0.5) is 0 Å². The summed E-state index contributed by atoms with van der Waals surface area (Å²) in [4.78, 5) is 50.2. The van der Waals surface area contributed by atoms with Crippen LogP contribution in [0.25, 0.3) is 45.6 Å². The van der Waals surface area contributed by atoms with Gasteiger partial charge in [0.1, 0.15) is 0 Å². The fraction of sp³-hybridized carbons (Fsp3) is 0. The fourth-order valence-electron chi connectivity index (χ4n) is 4.11. The van der Waals surface area contributed by atoms with Crippen LogP contribution in [0.3, 0.4) is 0 Å². The zero-order chi connectivity index (χ0) is 44.6. The molecule has 22 nitrogen and oxygen atoms in total. The first kappa shape index (κ1) is 61.9.